The maximum absolute atomic E-state index is 11.8. The fourth-order valence-electron chi connectivity index (χ4n) is 0.808. The van der Waals surface area contributed by atoms with Gasteiger partial charge >= 0.3 is 7.82 Å². The molecule has 1 atom stereocenters. The van der Waals surface area contributed by atoms with Crippen LogP contribution in [0.4, 0.5) is 0 Å². The Hall–Kier alpha value is -0.750. The Kier molecular flexibility index (Phi) is 6.49. The lowest BCUT2D eigenvalue weighted by Gasteiger charge is -2.12. The summed E-state index contributed by atoms with van der Waals surface area (Å²) in [5, 5.41) is 0. The third-order valence-corrected chi connectivity index (χ3v) is 2.54. The fourth-order valence-corrected chi connectivity index (χ4v) is 1.71. The Labute approximate surface area is 113 Å². The number of halogens is 2. The summed E-state index contributed by atoms with van der Waals surface area (Å²) < 4.78 is 25.0. The molecule has 0 aliphatic carbocycles. The Morgan fingerprint density at radius 2 is 1.89 bits per heavy atom. The molecule has 0 N–H and O–H groups in total. The van der Waals surface area contributed by atoms with Crippen molar-refractivity contribution in [3.8, 4) is 5.75 Å². The van der Waals surface area contributed by atoms with Crippen molar-refractivity contribution < 1.29 is 28.2 Å². The zero-order valence-electron chi connectivity index (χ0n) is 9.12. The molecule has 1 aromatic carbocycles. The average Bonchev–Trinajstić information content (AvgIpc) is 2.36. The molecule has 0 aromatic heterocycles. The van der Waals surface area contributed by atoms with E-state index in [4.69, 9.17) is 28.1 Å². The van der Waals surface area contributed by atoms with E-state index in [2.05, 4.69) is 18.8 Å². The van der Waals surface area contributed by atoms with E-state index in [-0.39, 0.29) is 4.49 Å². The first-order chi connectivity index (χ1) is 8.56. The summed E-state index contributed by atoms with van der Waals surface area (Å²) in [6.07, 6.45) is 0.761. The van der Waals surface area contributed by atoms with Crippen LogP contribution in [0, 0.1) is 0 Å². The minimum atomic E-state index is -4.13. The lowest BCUT2D eigenvalue weighted by Crippen LogP contribution is -2.00. The Bertz CT molecular complexity index is 434. The van der Waals surface area contributed by atoms with Gasteiger partial charge in [0.15, 0.2) is 5.75 Å². The van der Waals surface area contributed by atoms with Crippen molar-refractivity contribution >= 4 is 31.0 Å². The standard InChI is InChI=1S/C9H9Cl2O6P/c1-13-16-18(12,14-7-9(10)11)17-15-8-5-3-2-4-6-8/h2-7H,1H3. The van der Waals surface area contributed by atoms with Crippen molar-refractivity contribution in [3.63, 3.8) is 0 Å². The van der Waals surface area contributed by atoms with Gasteiger partial charge in [0.25, 0.3) is 0 Å². The highest BCUT2D eigenvalue weighted by Gasteiger charge is 2.31. The normalized spacial score (nSPS) is 13.5. The summed E-state index contributed by atoms with van der Waals surface area (Å²) in [6.45, 7) is 0. The van der Waals surface area contributed by atoms with Gasteiger partial charge in [-0.25, -0.2) is 9.45 Å². The molecule has 100 valence electrons. The molecular formula is C9H9Cl2O6P. The predicted octanol–water partition coefficient (Wildman–Crippen LogP) is 3.98. The maximum atomic E-state index is 11.8. The highest BCUT2D eigenvalue weighted by molar-refractivity contribution is 7.48. The molecule has 1 rings (SSSR count). The van der Waals surface area contributed by atoms with E-state index in [9.17, 15) is 4.57 Å². The summed E-state index contributed by atoms with van der Waals surface area (Å²) in [4.78, 5) is 8.97. The van der Waals surface area contributed by atoms with Gasteiger partial charge in [0.2, 0.25) is 0 Å². The van der Waals surface area contributed by atoms with Crippen LogP contribution in [-0.4, -0.2) is 7.11 Å². The van der Waals surface area contributed by atoms with Gasteiger partial charge in [0, 0.05) is 0 Å². The van der Waals surface area contributed by atoms with Crippen molar-refractivity contribution in [2.75, 3.05) is 7.11 Å². The molecule has 1 unspecified atom stereocenters. The molecule has 0 aliphatic heterocycles. The summed E-state index contributed by atoms with van der Waals surface area (Å²) in [7, 11) is -3.01. The minimum Gasteiger partial charge on any atom is -0.406 e. The molecule has 1 aromatic rings. The lowest BCUT2D eigenvalue weighted by atomic mass is 10.3. The number of hydrogen-bond acceptors (Lipinski definition) is 6. The van der Waals surface area contributed by atoms with E-state index in [1.807, 2.05) is 0 Å². The molecule has 0 radical (unpaired) electrons. The van der Waals surface area contributed by atoms with Gasteiger partial charge in [-0.15, -0.1) is 4.67 Å². The Morgan fingerprint density at radius 3 is 2.44 bits per heavy atom. The number of phosphoric acid groups is 1. The molecule has 0 amide bonds. The zero-order valence-corrected chi connectivity index (χ0v) is 11.5. The first kappa shape index (κ1) is 15.3. The largest absolute Gasteiger partial charge is 0.594 e. The van der Waals surface area contributed by atoms with Crippen molar-refractivity contribution in [2.24, 2.45) is 0 Å². The molecule has 6 nitrogen and oxygen atoms in total. The smallest absolute Gasteiger partial charge is 0.406 e. The van der Waals surface area contributed by atoms with Crippen LogP contribution < -0.4 is 4.89 Å². The molecule has 0 aliphatic rings. The van der Waals surface area contributed by atoms with Crippen molar-refractivity contribution in [3.05, 3.63) is 41.1 Å². The van der Waals surface area contributed by atoms with Crippen LogP contribution in [-0.2, 0) is 23.3 Å². The van der Waals surface area contributed by atoms with Crippen molar-refractivity contribution in [1.82, 2.24) is 0 Å². The van der Waals surface area contributed by atoms with E-state index < -0.39 is 7.82 Å². The molecule has 9 heteroatoms. The fraction of sp³-hybridized carbons (Fsp3) is 0.111. The quantitative estimate of drug-likeness (QED) is 0.328. The Balaban J connectivity index is 2.62. The van der Waals surface area contributed by atoms with Crippen molar-refractivity contribution in [1.29, 1.82) is 0 Å². The summed E-state index contributed by atoms with van der Waals surface area (Å²) in [5.74, 6) is 0.293. The van der Waals surface area contributed by atoms with Crippen LogP contribution >= 0.6 is 31.0 Å². The van der Waals surface area contributed by atoms with E-state index in [1.54, 1.807) is 30.3 Å². The summed E-state index contributed by atoms with van der Waals surface area (Å²) >= 11 is 10.6. The van der Waals surface area contributed by atoms with Gasteiger partial charge in [-0.05, 0) is 12.1 Å². The molecular weight excluding hydrogens is 306 g/mol. The molecule has 0 spiro atoms. The number of rotatable bonds is 7. The van der Waals surface area contributed by atoms with Gasteiger partial charge in [-0.2, -0.15) is 0 Å². The first-order valence-electron chi connectivity index (χ1n) is 4.49. The molecule has 0 bridgehead atoms. The van der Waals surface area contributed by atoms with Gasteiger partial charge in [0.05, 0.1) is 7.11 Å². The summed E-state index contributed by atoms with van der Waals surface area (Å²) in [6, 6.07) is 8.29. The number of para-hydroxylation sites is 1. The monoisotopic (exact) mass is 314 g/mol. The van der Waals surface area contributed by atoms with Crippen LogP contribution in [0.25, 0.3) is 0 Å². The molecule has 0 saturated carbocycles. The topological polar surface area (TPSA) is 63.2 Å². The van der Waals surface area contributed by atoms with Crippen LogP contribution in [0.1, 0.15) is 0 Å². The second-order valence-corrected chi connectivity index (χ2v) is 5.08. The summed E-state index contributed by atoms with van der Waals surface area (Å²) in [5.41, 5.74) is 0. The highest BCUT2D eigenvalue weighted by Crippen LogP contribution is 2.50. The van der Waals surface area contributed by atoms with Gasteiger partial charge < -0.3 is 9.41 Å². The third kappa shape index (κ3) is 5.73. The van der Waals surface area contributed by atoms with Crippen molar-refractivity contribution in [2.45, 2.75) is 0 Å². The third-order valence-electron chi connectivity index (χ3n) is 1.40. The van der Waals surface area contributed by atoms with E-state index >= 15 is 0 Å². The van der Waals surface area contributed by atoms with Crippen LogP contribution in [0.5, 0.6) is 5.75 Å². The predicted molar refractivity (Wildman–Crippen MR) is 64.7 cm³/mol. The second-order valence-electron chi connectivity index (χ2n) is 2.67. The van der Waals surface area contributed by atoms with Gasteiger partial charge in [-0.3, -0.25) is 0 Å². The minimum absolute atomic E-state index is 0.279. The number of benzene rings is 1. The van der Waals surface area contributed by atoms with Crippen LogP contribution in [0.3, 0.4) is 0 Å². The molecule has 0 saturated heterocycles. The SMILES string of the molecule is COOP(=O)(OC=C(Cl)Cl)OOc1ccccc1. The average molecular weight is 315 g/mol. The zero-order chi connectivity index (χ0) is 13.4. The van der Waals surface area contributed by atoms with Crippen LogP contribution in [0.15, 0.2) is 41.1 Å². The number of hydrogen-bond donors (Lipinski definition) is 0. The lowest BCUT2D eigenvalue weighted by molar-refractivity contribution is -0.230. The van der Waals surface area contributed by atoms with E-state index in [1.165, 1.54) is 0 Å². The molecule has 0 heterocycles. The molecule has 18 heavy (non-hydrogen) atoms. The Morgan fingerprint density at radius 1 is 1.22 bits per heavy atom. The van der Waals surface area contributed by atoms with Gasteiger partial charge in [-0.1, -0.05) is 46.1 Å². The molecule has 0 fully saturated rings. The second kappa shape index (κ2) is 7.63. The van der Waals surface area contributed by atoms with Crippen LogP contribution in [0.2, 0.25) is 0 Å². The van der Waals surface area contributed by atoms with E-state index in [0.29, 0.717) is 5.75 Å². The highest BCUT2D eigenvalue weighted by atomic mass is 35.5. The van der Waals surface area contributed by atoms with Gasteiger partial charge in [0.1, 0.15) is 10.8 Å². The van der Waals surface area contributed by atoms with E-state index in [0.717, 1.165) is 13.4 Å². The first-order valence-corrected chi connectivity index (χ1v) is 6.71. The maximum Gasteiger partial charge on any atom is 0.594 e.